The Morgan fingerprint density at radius 3 is 2.30 bits per heavy atom. The van der Waals surface area contributed by atoms with Gasteiger partial charge in [0.15, 0.2) is 5.78 Å². The number of nitrogens with zero attached hydrogens (tertiary/aromatic N) is 1. The third kappa shape index (κ3) is 5.29. The highest BCUT2D eigenvalue weighted by atomic mass is 16.6. The number of anilines is 1. The second kappa shape index (κ2) is 9.47. The van der Waals surface area contributed by atoms with Gasteiger partial charge < -0.3 is 4.74 Å². The number of carbonyl (C=O) groups is 2. The van der Waals surface area contributed by atoms with Crippen LogP contribution in [-0.4, -0.2) is 23.4 Å². The summed E-state index contributed by atoms with van der Waals surface area (Å²) in [6.07, 6.45) is -0.660. The van der Waals surface area contributed by atoms with Gasteiger partial charge in [0.2, 0.25) is 0 Å². The Hall–Kier alpha value is -4.00. The molecule has 1 amide bonds. The maximum Gasteiger partial charge on any atom is 0.411 e. The summed E-state index contributed by atoms with van der Waals surface area (Å²) < 4.78 is 5.26. The number of amides is 1. The zero-order chi connectivity index (χ0) is 21.5. The smallest absolute Gasteiger partial charge is 0.411 e. The van der Waals surface area contributed by atoms with E-state index < -0.39 is 11.0 Å². The van der Waals surface area contributed by atoms with Crippen LogP contribution in [0.3, 0.4) is 0 Å². The van der Waals surface area contributed by atoms with Crippen molar-refractivity contribution in [2.24, 2.45) is 0 Å². The molecule has 3 rings (SSSR count). The normalized spacial score (nSPS) is 11.4. The Morgan fingerprint density at radius 2 is 1.63 bits per heavy atom. The van der Waals surface area contributed by atoms with Crippen LogP contribution in [0.1, 0.15) is 34.3 Å². The predicted molar refractivity (Wildman–Crippen MR) is 113 cm³/mol. The van der Waals surface area contributed by atoms with E-state index in [9.17, 15) is 19.7 Å². The molecule has 7 nitrogen and oxygen atoms in total. The Balaban J connectivity index is 1.58. The zero-order valence-corrected chi connectivity index (χ0v) is 16.3. The lowest BCUT2D eigenvalue weighted by molar-refractivity contribution is -0.384. The predicted octanol–water partition coefficient (Wildman–Crippen LogP) is 5.18. The van der Waals surface area contributed by atoms with E-state index in [-0.39, 0.29) is 24.0 Å². The van der Waals surface area contributed by atoms with Crippen molar-refractivity contribution in [1.29, 1.82) is 0 Å². The minimum absolute atomic E-state index is 0.0625. The number of ketones is 1. The van der Waals surface area contributed by atoms with Gasteiger partial charge in [0, 0.05) is 34.9 Å². The Morgan fingerprint density at radius 1 is 0.967 bits per heavy atom. The molecule has 0 aliphatic heterocycles. The third-order valence-corrected chi connectivity index (χ3v) is 4.54. The second-order valence-corrected chi connectivity index (χ2v) is 6.75. The van der Waals surface area contributed by atoms with E-state index in [0.29, 0.717) is 16.8 Å². The van der Waals surface area contributed by atoms with Crippen LogP contribution >= 0.6 is 0 Å². The molecule has 7 heteroatoms. The first-order valence-corrected chi connectivity index (χ1v) is 9.32. The van der Waals surface area contributed by atoms with Crippen molar-refractivity contribution in [3.05, 3.63) is 106 Å². The second-order valence-electron chi connectivity index (χ2n) is 6.75. The van der Waals surface area contributed by atoms with Crippen molar-refractivity contribution in [1.82, 2.24) is 0 Å². The fraction of sp³-hybridized carbons (Fsp3) is 0.130. The van der Waals surface area contributed by atoms with E-state index in [1.54, 1.807) is 30.3 Å². The highest BCUT2D eigenvalue weighted by Gasteiger charge is 2.14. The minimum Gasteiger partial charge on any atom is -0.449 e. The van der Waals surface area contributed by atoms with Crippen molar-refractivity contribution < 1.29 is 19.2 Å². The van der Waals surface area contributed by atoms with Crippen molar-refractivity contribution in [2.45, 2.75) is 12.8 Å². The van der Waals surface area contributed by atoms with E-state index in [1.165, 1.54) is 24.3 Å². The molecule has 0 bridgehead atoms. The van der Waals surface area contributed by atoms with Gasteiger partial charge in [-0.15, -0.1) is 0 Å². The van der Waals surface area contributed by atoms with Crippen LogP contribution in [-0.2, 0) is 4.74 Å². The first-order chi connectivity index (χ1) is 14.4. The van der Waals surface area contributed by atoms with Crippen LogP contribution in [0.5, 0.6) is 0 Å². The lowest BCUT2D eigenvalue weighted by Gasteiger charge is -2.14. The van der Waals surface area contributed by atoms with Crippen LogP contribution in [0.15, 0.2) is 78.9 Å². The monoisotopic (exact) mass is 404 g/mol. The average molecular weight is 404 g/mol. The fourth-order valence-electron chi connectivity index (χ4n) is 2.86. The SMILES string of the molecule is C[C@H](COC(=O)Nc1ccc([N+](=O)[O-])cc1)c1cccc(C(=O)c2ccccc2)c1. The van der Waals surface area contributed by atoms with Gasteiger partial charge in [-0.05, 0) is 23.8 Å². The number of benzene rings is 3. The van der Waals surface area contributed by atoms with Gasteiger partial charge in [-0.3, -0.25) is 20.2 Å². The number of nitro benzene ring substituents is 1. The quantitative estimate of drug-likeness (QED) is 0.332. The number of nitro groups is 1. The van der Waals surface area contributed by atoms with E-state index >= 15 is 0 Å². The standard InChI is InChI=1S/C23H20N2O5/c1-16(15-30-23(27)24-20-10-12-21(13-11-20)25(28)29)18-8-5-9-19(14-18)22(26)17-6-3-2-4-7-17/h2-14,16H,15H2,1H3,(H,24,27)/t16-/m1/s1. The van der Waals surface area contributed by atoms with E-state index in [2.05, 4.69) is 5.32 Å². The van der Waals surface area contributed by atoms with Gasteiger partial charge in [-0.25, -0.2) is 4.79 Å². The van der Waals surface area contributed by atoms with E-state index in [0.717, 1.165) is 5.56 Å². The molecule has 3 aromatic carbocycles. The molecule has 0 spiro atoms. The van der Waals surface area contributed by atoms with Gasteiger partial charge in [0.05, 0.1) is 11.5 Å². The number of non-ortho nitro benzene ring substituents is 1. The molecular formula is C23H20N2O5. The van der Waals surface area contributed by atoms with Crippen LogP contribution in [0.4, 0.5) is 16.2 Å². The molecule has 0 fully saturated rings. The summed E-state index contributed by atoms with van der Waals surface area (Å²) in [5.41, 5.74) is 2.39. The molecule has 1 atom stereocenters. The summed E-state index contributed by atoms with van der Waals surface area (Å²) in [6, 6.07) is 21.7. The molecule has 0 aromatic heterocycles. The molecule has 30 heavy (non-hydrogen) atoms. The molecule has 0 saturated carbocycles. The number of ether oxygens (including phenoxy) is 1. The summed E-state index contributed by atoms with van der Waals surface area (Å²) in [5, 5.41) is 13.2. The van der Waals surface area contributed by atoms with Crippen LogP contribution < -0.4 is 5.32 Å². The topological polar surface area (TPSA) is 98.5 Å². The van der Waals surface area contributed by atoms with Gasteiger partial charge in [-0.2, -0.15) is 0 Å². The van der Waals surface area contributed by atoms with Gasteiger partial charge >= 0.3 is 6.09 Å². The van der Waals surface area contributed by atoms with E-state index in [1.807, 2.05) is 31.2 Å². The molecule has 0 heterocycles. The summed E-state index contributed by atoms with van der Waals surface area (Å²) in [7, 11) is 0. The molecule has 0 radical (unpaired) electrons. The molecule has 0 aliphatic rings. The Labute approximate surface area is 173 Å². The summed E-state index contributed by atoms with van der Waals surface area (Å²) in [5.74, 6) is -0.197. The molecule has 0 unspecified atom stereocenters. The number of hydrogen-bond donors (Lipinski definition) is 1. The van der Waals surface area contributed by atoms with Crippen LogP contribution in [0.25, 0.3) is 0 Å². The number of rotatable bonds is 7. The van der Waals surface area contributed by atoms with Crippen LogP contribution in [0, 0.1) is 10.1 Å². The van der Waals surface area contributed by atoms with Crippen molar-refractivity contribution in [2.75, 3.05) is 11.9 Å². The zero-order valence-electron chi connectivity index (χ0n) is 16.3. The highest BCUT2D eigenvalue weighted by molar-refractivity contribution is 6.09. The first kappa shape index (κ1) is 20.7. The fourth-order valence-corrected chi connectivity index (χ4v) is 2.86. The van der Waals surface area contributed by atoms with Crippen molar-refractivity contribution >= 4 is 23.3 Å². The largest absolute Gasteiger partial charge is 0.449 e. The summed E-state index contributed by atoms with van der Waals surface area (Å²) in [4.78, 5) is 34.8. The first-order valence-electron chi connectivity index (χ1n) is 9.32. The summed E-state index contributed by atoms with van der Waals surface area (Å²) in [6.45, 7) is 2.01. The van der Waals surface area contributed by atoms with Gasteiger partial charge in [-0.1, -0.05) is 55.5 Å². The molecular weight excluding hydrogens is 384 g/mol. The lowest BCUT2D eigenvalue weighted by Crippen LogP contribution is -2.17. The number of hydrogen-bond acceptors (Lipinski definition) is 5. The van der Waals surface area contributed by atoms with Gasteiger partial charge in [0.25, 0.3) is 5.69 Å². The molecule has 152 valence electrons. The Bertz CT molecular complexity index is 1050. The number of nitrogens with one attached hydrogen (secondary N) is 1. The van der Waals surface area contributed by atoms with E-state index in [4.69, 9.17) is 4.74 Å². The Kier molecular flexibility index (Phi) is 6.54. The maximum absolute atomic E-state index is 12.6. The minimum atomic E-state index is -0.660. The van der Waals surface area contributed by atoms with Crippen LogP contribution in [0.2, 0.25) is 0 Å². The van der Waals surface area contributed by atoms with Crippen molar-refractivity contribution in [3.63, 3.8) is 0 Å². The number of carbonyl (C=O) groups excluding carboxylic acids is 2. The lowest BCUT2D eigenvalue weighted by atomic mass is 9.96. The average Bonchev–Trinajstić information content (AvgIpc) is 2.78. The van der Waals surface area contributed by atoms with Crippen molar-refractivity contribution in [3.8, 4) is 0 Å². The molecule has 3 aromatic rings. The maximum atomic E-state index is 12.6. The molecule has 0 aliphatic carbocycles. The third-order valence-electron chi connectivity index (χ3n) is 4.54. The highest BCUT2D eigenvalue weighted by Crippen LogP contribution is 2.20. The molecule has 0 saturated heterocycles. The molecule has 1 N–H and O–H groups in total. The van der Waals surface area contributed by atoms with Gasteiger partial charge in [0.1, 0.15) is 0 Å². The summed E-state index contributed by atoms with van der Waals surface area (Å²) >= 11 is 0.